The molecule has 134 valence electrons. The quantitative estimate of drug-likeness (QED) is 0.612. The Labute approximate surface area is 156 Å². The van der Waals surface area contributed by atoms with Crippen LogP contribution in [-0.2, 0) is 4.79 Å². The Bertz CT molecular complexity index is 934. The van der Waals surface area contributed by atoms with Crippen LogP contribution in [0.2, 0.25) is 0 Å². The van der Waals surface area contributed by atoms with E-state index in [1.807, 2.05) is 42.5 Å². The van der Waals surface area contributed by atoms with Gasteiger partial charge in [0.05, 0.1) is 23.9 Å². The zero-order valence-electron chi connectivity index (χ0n) is 14.7. The van der Waals surface area contributed by atoms with Crippen LogP contribution >= 0.6 is 11.3 Å². The maximum Gasteiger partial charge on any atom is 0.250 e. The molecule has 0 saturated heterocycles. The number of nitrogens with zero attached hydrogens (tertiary/aromatic N) is 1. The molecule has 0 bridgehead atoms. The molecule has 0 unspecified atom stereocenters. The third-order valence-electron chi connectivity index (χ3n) is 3.62. The molecule has 1 amide bonds. The highest BCUT2D eigenvalue weighted by Gasteiger charge is 2.07. The number of thiazole rings is 1. The number of carbonyl (C=O) groups excluding carboxylic acids is 1. The highest BCUT2D eigenvalue weighted by atomic mass is 32.1. The maximum absolute atomic E-state index is 12.2. The normalized spacial score (nSPS) is 11.0. The largest absolute Gasteiger partial charge is 0.497 e. The summed E-state index contributed by atoms with van der Waals surface area (Å²) in [5.41, 5.74) is 1.69. The summed E-state index contributed by atoms with van der Waals surface area (Å²) in [6.45, 7) is 2.70. The van der Waals surface area contributed by atoms with Gasteiger partial charge in [-0.15, -0.1) is 0 Å². The number of benzene rings is 2. The number of aromatic nitrogens is 1. The number of nitrogens with one attached hydrogen (secondary N) is 1. The number of para-hydroxylation sites is 1. The maximum atomic E-state index is 12.2. The monoisotopic (exact) mass is 368 g/mol. The average molecular weight is 368 g/mol. The number of hydrogen-bond acceptors (Lipinski definition) is 5. The number of rotatable bonds is 7. The van der Waals surface area contributed by atoms with Gasteiger partial charge in [0.15, 0.2) is 5.13 Å². The van der Waals surface area contributed by atoms with Crippen LogP contribution in [0.5, 0.6) is 11.5 Å². The van der Waals surface area contributed by atoms with Crippen LogP contribution in [0.25, 0.3) is 16.3 Å². The molecule has 0 radical (unpaired) electrons. The summed E-state index contributed by atoms with van der Waals surface area (Å²) in [5, 5.41) is 3.36. The van der Waals surface area contributed by atoms with Crippen LogP contribution in [0.3, 0.4) is 0 Å². The fourth-order valence-corrected chi connectivity index (χ4v) is 3.26. The lowest BCUT2D eigenvalue weighted by Crippen LogP contribution is -2.07. The van der Waals surface area contributed by atoms with Crippen molar-refractivity contribution in [2.75, 3.05) is 19.0 Å². The molecule has 6 heteroatoms. The Hall–Kier alpha value is -2.86. The lowest BCUT2D eigenvalue weighted by atomic mass is 10.2. The summed E-state index contributed by atoms with van der Waals surface area (Å²) >= 11 is 1.41. The van der Waals surface area contributed by atoms with Gasteiger partial charge in [-0.1, -0.05) is 36.5 Å². The first-order valence-electron chi connectivity index (χ1n) is 8.35. The summed E-state index contributed by atoms with van der Waals surface area (Å²) in [5.74, 6) is 1.30. The van der Waals surface area contributed by atoms with E-state index in [9.17, 15) is 4.79 Å². The Balaban J connectivity index is 1.70. The molecule has 1 N–H and O–H groups in total. The van der Waals surface area contributed by atoms with E-state index >= 15 is 0 Å². The zero-order chi connectivity index (χ0) is 18.4. The van der Waals surface area contributed by atoms with Gasteiger partial charge in [0, 0.05) is 11.6 Å². The molecule has 1 heterocycles. The number of ether oxygens (including phenoxy) is 2. The second kappa shape index (κ2) is 8.49. The van der Waals surface area contributed by atoms with Gasteiger partial charge in [0.25, 0.3) is 0 Å². The van der Waals surface area contributed by atoms with Gasteiger partial charge in [-0.25, -0.2) is 4.98 Å². The highest BCUT2D eigenvalue weighted by Crippen LogP contribution is 2.29. The van der Waals surface area contributed by atoms with E-state index in [2.05, 4.69) is 17.2 Å². The molecular weight excluding hydrogens is 348 g/mol. The second-order valence-corrected chi connectivity index (χ2v) is 6.59. The van der Waals surface area contributed by atoms with Gasteiger partial charge >= 0.3 is 0 Å². The van der Waals surface area contributed by atoms with Crippen molar-refractivity contribution in [3.8, 4) is 11.5 Å². The Morgan fingerprint density at radius 2 is 2.12 bits per heavy atom. The number of anilines is 1. The molecule has 3 rings (SSSR count). The molecule has 3 aromatic rings. The van der Waals surface area contributed by atoms with Crippen LogP contribution in [0.4, 0.5) is 5.13 Å². The topological polar surface area (TPSA) is 60.5 Å². The molecule has 0 fully saturated rings. The van der Waals surface area contributed by atoms with E-state index in [4.69, 9.17) is 9.47 Å². The standard InChI is InChI=1S/C20H20N2O3S/c1-3-12-25-17-7-5-4-6-14(17)8-11-19(23)22-20-21-16-10-9-15(24-2)13-18(16)26-20/h4-11,13H,3,12H2,1-2H3,(H,21,22,23)/b11-8+. The predicted octanol–water partition coefficient (Wildman–Crippen LogP) is 4.75. The molecule has 26 heavy (non-hydrogen) atoms. The molecule has 1 aromatic heterocycles. The number of carbonyl (C=O) groups is 1. The lowest BCUT2D eigenvalue weighted by molar-refractivity contribution is -0.111. The van der Waals surface area contributed by atoms with Crippen molar-refractivity contribution in [2.24, 2.45) is 0 Å². The Morgan fingerprint density at radius 1 is 1.27 bits per heavy atom. The van der Waals surface area contributed by atoms with Crippen molar-refractivity contribution in [2.45, 2.75) is 13.3 Å². The van der Waals surface area contributed by atoms with E-state index in [1.165, 1.54) is 17.4 Å². The zero-order valence-corrected chi connectivity index (χ0v) is 15.5. The van der Waals surface area contributed by atoms with Crippen molar-refractivity contribution in [3.05, 3.63) is 54.1 Å². The molecule has 0 aliphatic carbocycles. The van der Waals surface area contributed by atoms with Gasteiger partial charge in [-0.2, -0.15) is 0 Å². The third kappa shape index (κ3) is 4.40. The first kappa shape index (κ1) is 17.9. The summed E-state index contributed by atoms with van der Waals surface area (Å²) in [6, 6.07) is 13.3. The molecule has 2 aromatic carbocycles. The average Bonchev–Trinajstić information content (AvgIpc) is 3.06. The Morgan fingerprint density at radius 3 is 2.92 bits per heavy atom. The minimum atomic E-state index is -0.235. The van der Waals surface area contributed by atoms with Crippen LogP contribution in [0, 0.1) is 0 Å². The molecule has 0 aliphatic heterocycles. The summed E-state index contributed by atoms with van der Waals surface area (Å²) in [7, 11) is 1.62. The Kier molecular flexibility index (Phi) is 5.86. The fraction of sp³-hybridized carbons (Fsp3) is 0.200. The van der Waals surface area contributed by atoms with Crippen molar-refractivity contribution in [3.63, 3.8) is 0 Å². The van der Waals surface area contributed by atoms with Gasteiger partial charge in [-0.05, 0) is 36.8 Å². The van der Waals surface area contributed by atoms with Crippen molar-refractivity contribution in [1.29, 1.82) is 0 Å². The van der Waals surface area contributed by atoms with Crippen molar-refractivity contribution < 1.29 is 14.3 Å². The number of methoxy groups -OCH3 is 1. The second-order valence-electron chi connectivity index (χ2n) is 5.56. The minimum Gasteiger partial charge on any atom is -0.497 e. The van der Waals surface area contributed by atoms with Crippen LogP contribution in [0.15, 0.2) is 48.5 Å². The molecule has 0 spiro atoms. The molecule has 0 atom stereocenters. The molecule has 0 saturated carbocycles. The minimum absolute atomic E-state index is 0.235. The fourth-order valence-electron chi connectivity index (χ4n) is 2.36. The highest BCUT2D eigenvalue weighted by molar-refractivity contribution is 7.22. The smallest absolute Gasteiger partial charge is 0.250 e. The van der Waals surface area contributed by atoms with Crippen molar-refractivity contribution >= 4 is 38.7 Å². The first-order valence-corrected chi connectivity index (χ1v) is 9.16. The van der Waals surface area contributed by atoms with Crippen LogP contribution < -0.4 is 14.8 Å². The molecule has 5 nitrogen and oxygen atoms in total. The van der Waals surface area contributed by atoms with Crippen molar-refractivity contribution in [1.82, 2.24) is 4.98 Å². The van der Waals surface area contributed by atoms with E-state index in [0.717, 1.165) is 33.7 Å². The van der Waals surface area contributed by atoms with Gasteiger partial charge in [-0.3, -0.25) is 10.1 Å². The summed E-state index contributed by atoms with van der Waals surface area (Å²) in [6.07, 6.45) is 4.17. The van der Waals surface area contributed by atoms with E-state index in [-0.39, 0.29) is 5.91 Å². The predicted molar refractivity (Wildman–Crippen MR) is 106 cm³/mol. The SMILES string of the molecule is CCCOc1ccccc1/C=C/C(=O)Nc1nc2ccc(OC)cc2s1. The molecular formula is C20H20N2O3S. The number of fused-ring (bicyclic) bond motifs is 1. The van der Waals surface area contributed by atoms with Gasteiger partial charge in [0.2, 0.25) is 5.91 Å². The number of hydrogen-bond donors (Lipinski definition) is 1. The van der Waals surface area contributed by atoms with E-state index in [0.29, 0.717) is 11.7 Å². The first-order chi connectivity index (χ1) is 12.7. The van der Waals surface area contributed by atoms with Gasteiger partial charge < -0.3 is 9.47 Å². The lowest BCUT2D eigenvalue weighted by Gasteiger charge is -2.07. The number of amides is 1. The van der Waals surface area contributed by atoms with E-state index in [1.54, 1.807) is 13.2 Å². The third-order valence-corrected chi connectivity index (χ3v) is 4.55. The summed E-state index contributed by atoms with van der Waals surface area (Å²) < 4.78 is 11.9. The summed E-state index contributed by atoms with van der Waals surface area (Å²) in [4.78, 5) is 16.6. The van der Waals surface area contributed by atoms with Gasteiger partial charge in [0.1, 0.15) is 11.5 Å². The molecule has 0 aliphatic rings. The van der Waals surface area contributed by atoms with Crippen LogP contribution in [0.1, 0.15) is 18.9 Å². The van der Waals surface area contributed by atoms with E-state index < -0.39 is 0 Å². The van der Waals surface area contributed by atoms with Crippen LogP contribution in [-0.4, -0.2) is 24.6 Å².